The van der Waals surface area contributed by atoms with Gasteiger partial charge < -0.3 is 9.80 Å². The van der Waals surface area contributed by atoms with E-state index in [1.54, 1.807) is 0 Å². The van der Waals surface area contributed by atoms with E-state index in [4.69, 9.17) is 0 Å². The molecule has 0 saturated carbocycles. The zero-order chi connectivity index (χ0) is 86.8. The summed E-state index contributed by atoms with van der Waals surface area (Å²) in [4.78, 5) is 4.92. The molecule has 2 unspecified atom stereocenters. The zero-order valence-corrected chi connectivity index (χ0v) is 73.6. The first-order valence-corrected chi connectivity index (χ1v) is 46.4. The third-order valence-electron chi connectivity index (χ3n) is 28.1. The van der Waals surface area contributed by atoms with Crippen LogP contribution in [0.4, 0.5) is 34.1 Å². The number of rotatable bonds is 28. The molecular weight excluding hydrogens is 1550 g/mol. The Kier molecular flexibility index (Phi) is 22.1. The fourth-order valence-electron chi connectivity index (χ4n) is 21.7. The van der Waals surface area contributed by atoms with Crippen LogP contribution in [0.2, 0.25) is 0 Å². The van der Waals surface area contributed by atoms with E-state index in [0.717, 1.165) is 80.3 Å². The first-order chi connectivity index (χ1) is 63.8. The lowest BCUT2D eigenvalue weighted by Gasteiger charge is -2.35. The van der Waals surface area contributed by atoms with Crippen molar-refractivity contribution < 1.29 is 0 Å². The average molecular weight is 1660 g/mol. The molecule has 0 fully saturated rings. The highest BCUT2D eigenvalue weighted by Gasteiger charge is 2.50. The lowest BCUT2D eigenvalue weighted by Crippen LogP contribution is -2.29. The van der Waals surface area contributed by atoms with Crippen molar-refractivity contribution in [3.8, 4) is 77.9 Å². The first-order valence-electron chi connectivity index (χ1n) is 46.4. The molecule has 18 aromatic carbocycles. The highest BCUT2D eigenvalue weighted by atomic mass is 15.1. The molecule has 2 atom stereocenters. The smallest absolute Gasteiger partial charge is 0.0714 e. The SMILES string of the molecule is C=Cc1ccc(C2(c3ccccc3)c3ccccc3-c3ccc(N(c4ccc(-c5ccccc5)cc4)c4ccc(-c5ccc6c(c5)C(c5ccc(CCCCCC)cc5)(c5ccc(CCCCCC)cc5)c5cc(-c7ccc(N(c8ccc(-c9ccccc9)cc8)c8ccc9c(c8)C(c8ccccc8)(c8ccc(C=C)cc8)c8ccccc8-9)cc7)ccc5-6)cc4)cc32)cc1. The molecule has 0 heterocycles. The third-order valence-corrected chi connectivity index (χ3v) is 28.1. The van der Waals surface area contributed by atoms with Crippen molar-refractivity contribution >= 4 is 46.3 Å². The molecule has 18 aromatic rings. The number of nitrogens with zero attached hydrogens (tertiary/aromatic N) is 2. The summed E-state index contributed by atoms with van der Waals surface area (Å²) in [6.45, 7) is 12.9. The van der Waals surface area contributed by atoms with E-state index >= 15 is 0 Å². The van der Waals surface area contributed by atoms with Crippen molar-refractivity contribution in [1.29, 1.82) is 0 Å². The van der Waals surface area contributed by atoms with Crippen LogP contribution in [0.1, 0.15) is 154 Å². The Hall–Kier alpha value is -15.0. The summed E-state index contributed by atoms with van der Waals surface area (Å²) in [6, 6.07) is 166. The van der Waals surface area contributed by atoms with Crippen molar-refractivity contribution in [3.63, 3.8) is 0 Å². The number of anilines is 6. The molecule has 0 N–H and O–H groups in total. The van der Waals surface area contributed by atoms with E-state index in [0.29, 0.717) is 0 Å². The minimum Gasteiger partial charge on any atom is -0.310 e. The largest absolute Gasteiger partial charge is 0.310 e. The second kappa shape index (κ2) is 35.1. The van der Waals surface area contributed by atoms with E-state index in [1.165, 1.54) is 185 Å². The minimum atomic E-state index is -0.713. The Balaban J connectivity index is 0.701. The van der Waals surface area contributed by atoms with Crippen molar-refractivity contribution in [2.75, 3.05) is 9.80 Å². The van der Waals surface area contributed by atoms with Crippen LogP contribution in [-0.4, -0.2) is 0 Å². The molecule has 3 aliphatic rings. The molecule has 0 aliphatic heterocycles. The summed E-state index contributed by atoms with van der Waals surface area (Å²) in [7, 11) is 0. The highest BCUT2D eigenvalue weighted by molar-refractivity contribution is 5.95. The van der Waals surface area contributed by atoms with Crippen molar-refractivity contribution in [2.45, 2.75) is 94.3 Å². The fraction of sp³-hybridized carbons (Fsp3) is 0.118. The standard InChI is InChI=1S/C127H104N2/c1-5-9-11-17-31-91-49-67-105(68-50-91)127(106-69-51-92(52-70-106)32-18-12-10-6-2)121-85-99(97-57-75-109(76-58-97)128(107-71-53-95(54-72-107)93-33-19-13-20-34-93)111-79-83-117-113-41-27-29-43-119(113)125(123(117)87-111,101-37-23-15-24-38-101)103-63-45-89(7-3)46-64-103)61-81-115(121)116-82-62-100(86-122(116)127)98-59-77-110(78-60-98)129(108-73-55-96(56-74-108)94-35-21-14-22-36-94)112-80-84-118-114-42-28-30-44-120(114)126(124(118)88-112,102-39-25-16-26-40-102)104-65-47-90(8-4)48-66-104/h7-8,13-16,19-30,33-88H,3-6,9-12,17-18,31-32H2,1-2H3. The maximum atomic E-state index is 4.16. The molecule has 129 heavy (non-hydrogen) atoms. The number of aryl methyl sites for hydroxylation is 2. The van der Waals surface area contributed by atoms with Gasteiger partial charge in [-0.05, 0) is 278 Å². The maximum Gasteiger partial charge on any atom is 0.0714 e. The Labute approximate surface area is 761 Å². The second-order valence-electron chi connectivity index (χ2n) is 35.3. The molecule has 0 radical (unpaired) electrons. The molecule has 2 heteroatoms. The Morgan fingerprint density at radius 3 is 0.783 bits per heavy atom. The summed E-state index contributed by atoms with van der Waals surface area (Å²) >= 11 is 0. The van der Waals surface area contributed by atoms with Gasteiger partial charge in [0.15, 0.2) is 0 Å². The number of hydrogen-bond acceptors (Lipinski definition) is 2. The van der Waals surface area contributed by atoms with Gasteiger partial charge in [-0.1, -0.05) is 430 Å². The summed E-state index contributed by atoms with van der Waals surface area (Å²) in [6.07, 6.45) is 15.7. The fourth-order valence-corrected chi connectivity index (χ4v) is 21.7. The van der Waals surface area contributed by atoms with Crippen LogP contribution in [0, 0.1) is 0 Å². The molecule has 3 aliphatic carbocycles. The molecule has 21 rings (SSSR count). The molecule has 0 saturated heterocycles. The van der Waals surface area contributed by atoms with Crippen LogP contribution in [-0.2, 0) is 29.1 Å². The Bertz CT molecular complexity index is 6650. The van der Waals surface area contributed by atoms with Gasteiger partial charge >= 0.3 is 0 Å². The Morgan fingerprint density at radius 2 is 0.450 bits per heavy atom. The lowest BCUT2D eigenvalue weighted by atomic mass is 9.67. The van der Waals surface area contributed by atoms with Gasteiger partial charge in [-0.25, -0.2) is 0 Å². The highest BCUT2D eigenvalue weighted by Crippen LogP contribution is 2.62. The number of benzene rings is 18. The van der Waals surface area contributed by atoms with E-state index in [2.05, 4.69) is 474 Å². The molecule has 622 valence electrons. The monoisotopic (exact) mass is 1660 g/mol. The minimum absolute atomic E-state index is 0.614. The van der Waals surface area contributed by atoms with E-state index in [9.17, 15) is 0 Å². The van der Waals surface area contributed by atoms with Crippen LogP contribution < -0.4 is 9.80 Å². The van der Waals surface area contributed by atoms with Crippen molar-refractivity contribution in [1.82, 2.24) is 0 Å². The molecular formula is C127H104N2. The maximum absolute atomic E-state index is 4.16. The molecule has 2 nitrogen and oxygen atoms in total. The van der Waals surface area contributed by atoms with Crippen LogP contribution in [0.25, 0.3) is 90.0 Å². The van der Waals surface area contributed by atoms with E-state index in [-0.39, 0.29) is 0 Å². The average Bonchev–Trinajstić information content (AvgIpc) is 1.60. The quantitative estimate of drug-likeness (QED) is 0.0451. The summed E-state index contributed by atoms with van der Waals surface area (Å²) in [5.41, 5.74) is 41.3. The number of fused-ring (bicyclic) bond motifs is 9. The summed E-state index contributed by atoms with van der Waals surface area (Å²) in [5.74, 6) is 0. The molecule has 0 spiro atoms. The lowest BCUT2D eigenvalue weighted by molar-refractivity contribution is 0.666. The predicted molar refractivity (Wildman–Crippen MR) is 545 cm³/mol. The predicted octanol–water partition coefficient (Wildman–Crippen LogP) is 33.9. The van der Waals surface area contributed by atoms with Gasteiger partial charge in [0.1, 0.15) is 0 Å². The van der Waals surface area contributed by atoms with Crippen molar-refractivity contribution in [3.05, 3.63) is 539 Å². The summed E-state index contributed by atoms with van der Waals surface area (Å²) in [5, 5.41) is 0. The molecule has 0 aromatic heterocycles. The number of unbranched alkanes of at least 4 members (excludes halogenated alkanes) is 6. The van der Waals surface area contributed by atoms with Crippen LogP contribution >= 0.6 is 0 Å². The van der Waals surface area contributed by atoms with Gasteiger partial charge in [-0.3, -0.25) is 0 Å². The van der Waals surface area contributed by atoms with Gasteiger partial charge in [0, 0.05) is 34.1 Å². The van der Waals surface area contributed by atoms with E-state index in [1.807, 2.05) is 12.2 Å². The Morgan fingerprint density at radius 1 is 0.202 bits per heavy atom. The van der Waals surface area contributed by atoms with Crippen molar-refractivity contribution in [2.24, 2.45) is 0 Å². The van der Waals surface area contributed by atoms with Crippen LogP contribution in [0.5, 0.6) is 0 Å². The van der Waals surface area contributed by atoms with Gasteiger partial charge in [0.2, 0.25) is 0 Å². The number of hydrogen-bond donors (Lipinski definition) is 0. The third kappa shape index (κ3) is 14.4. The van der Waals surface area contributed by atoms with Gasteiger partial charge in [-0.15, -0.1) is 0 Å². The van der Waals surface area contributed by atoms with Crippen LogP contribution in [0.3, 0.4) is 0 Å². The first kappa shape index (κ1) is 81.1. The molecule has 0 amide bonds. The summed E-state index contributed by atoms with van der Waals surface area (Å²) < 4.78 is 0. The molecule has 0 bridgehead atoms. The van der Waals surface area contributed by atoms with E-state index < -0.39 is 16.2 Å². The second-order valence-corrected chi connectivity index (χ2v) is 35.3. The van der Waals surface area contributed by atoms with Gasteiger partial charge in [0.25, 0.3) is 0 Å². The van der Waals surface area contributed by atoms with Crippen LogP contribution in [0.15, 0.2) is 450 Å². The topological polar surface area (TPSA) is 6.48 Å². The van der Waals surface area contributed by atoms with Gasteiger partial charge in [0.05, 0.1) is 16.2 Å². The van der Waals surface area contributed by atoms with Gasteiger partial charge in [-0.2, -0.15) is 0 Å². The normalized spacial score (nSPS) is 14.6. The zero-order valence-electron chi connectivity index (χ0n) is 73.6.